The summed E-state index contributed by atoms with van der Waals surface area (Å²) in [6.45, 7) is 0.480. The molecule has 0 amide bonds. The zero-order valence-corrected chi connectivity index (χ0v) is 19.0. The van der Waals surface area contributed by atoms with E-state index in [1.807, 2.05) is 0 Å². The molecule has 0 fully saturated rings. The van der Waals surface area contributed by atoms with Crippen LogP contribution in [0.1, 0.15) is 39.2 Å². The number of ether oxygens (including phenoxy) is 5. The number of hydrogen-bond donors (Lipinski definition) is 1. The van der Waals surface area contributed by atoms with Gasteiger partial charge in [0.25, 0.3) is 0 Å². The lowest BCUT2D eigenvalue weighted by atomic mass is 9.86. The first-order valence-corrected chi connectivity index (χ1v) is 11.6. The van der Waals surface area contributed by atoms with Crippen LogP contribution in [0.2, 0.25) is 0 Å². The van der Waals surface area contributed by atoms with Gasteiger partial charge in [-0.05, 0) is 30.7 Å². The van der Waals surface area contributed by atoms with Gasteiger partial charge < -0.3 is 33.2 Å². The van der Waals surface area contributed by atoms with Gasteiger partial charge in [-0.3, -0.25) is 0 Å². The van der Waals surface area contributed by atoms with Crippen LogP contribution in [-0.2, 0) is 21.3 Å². The van der Waals surface area contributed by atoms with Gasteiger partial charge in [0.05, 0.1) is 20.3 Å². The average Bonchev–Trinajstić information content (AvgIpc) is 3.40. The molecule has 0 radical (unpaired) electrons. The van der Waals surface area contributed by atoms with Crippen molar-refractivity contribution in [3.05, 3.63) is 40.5 Å². The predicted octanol–water partition coefficient (Wildman–Crippen LogP) is 2.76. The van der Waals surface area contributed by atoms with Crippen LogP contribution in [0.3, 0.4) is 0 Å². The normalized spacial score (nSPS) is 20.7. The Bertz CT molecular complexity index is 1330. The average molecular weight is 517 g/mol. The van der Waals surface area contributed by atoms with Crippen molar-refractivity contribution in [3.8, 4) is 28.7 Å². The summed E-state index contributed by atoms with van der Waals surface area (Å²) in [7, 11) is -3.55. The summed E-state index contributed by atoms with van der Waals surface area (Å²) in [4.78, 5) is 12.9. The Morgan fingerprint density at radius 3 is 2.57 bits per heavy atom. The molecule has 0 saturated heterocycles. The van der Waals surface area contributed by atoms with Crippen molar-refractivity contribution in [2.75, 3.05) is 27.6 Å². The quantitative estimate of drug-likeness (QED) is 0.360. The number of carbonyl (C=O) groups excluding carboxylic acids is 1. The van der Waals surface area contributed by atoms with Gasteiger partial charge in [0.1, 0.15) is 11.7 Å². The van der Waals surface area contributed by atoms with Gasteiger partial charge in [-0.1, -0.05) is 6.07 Å². The zero-order chi connectivity index (χ0) is 25.1. The van der Waals surface area contributed by atoms with Crippen molar-refractivity contribution in [3.63, 3.8) is 0 Å². The first-order chi connectivity index (χ1) is 16.6. The summed E-state index contributed by atoms with van der Waals surface area (Å²) < 4.78 is 93.9. The van der Waals surface area contributed by atoms with Crippen molar-refractivity contribution in [2.45, 2.75) is 24.1 Å². The van der Waals surface area contributed by atoms with E-state index in [4.69, 9.17) is 23.7 Å². The Morgan fingerprint density at radius 2 is 1.89 bits per heavy atom. The summed E-state index contributed by atoms with van der Waals surface area (Å²) in [5.74, 6) is -1.11. The molecular weight excluding hydrogens is 499 g/mol. The predicted molar refractivity (Wildman–Crippen MR) is 110 cm³/mol. The Balaban J connectivity index is 1.63. The van der Waals surface area contributed by atoms with Crippen molar-refractivity contribution < 1.29 is 54.3 Å². The summed E-state index contributed by atoms with van der Waals surface area (Å²) in [6, 6.07) is 3.71. The molecule has 35 heavy (non-hydrogen) atoms. The molecule has 14 heteroatoms. The highest BCUT2D eigenvalue weighted by atomic mass is 32.2. The van der Waals surface area contributed by atoms with Crippen molar-refractivity contribution in [1.82, 2.24) is 5.32 Å². The lowest BCUT2D eigenvalue weighted by molar-refractivity contribution is -0.0501. The monoisotopic (exact) mass is 517 g/mol. The van der Waals surface area contributed by atoms with E-state index in [1.165, 1.54) is 19.2 Å². The minimum Gasteiger partial charge on any atom is -0.493 e. The van der Waals surface area contributed by atoms with Crippen molar-refractivity contribution >= 4 is 16.1 Å². The number of fused-ring (bicyclic) bond motifs is 3. The number of cyclic esters (lactones) is 1. The molecule has 5 rings (SSSR count). The summed E-state index contributed by atoms with van der Waals surface area (Å²) >= 11 is 0. The fourth-order valence-electron chi connectivity index (χ4n) is 4.46. The summed E-state index contributed by atoms with van der Waals surface area (Å²) in [5, 5.41) is 3.24. The molecule has 2 aromatic carbocycles. The fraction of sp³-hybridized carbons (Fsp3) is 0.381. The van der Waals surface area contributed by atoms with Gasteiger partial charge >= 0.3 is 21.6 Å². The number of methoxy groups -OCH3 is 2. The van der Waals surface area contributed by atoms with Gasteiger partial charge in [-0.15, -0.1) is 0 Å². The highest BCUT2D eigenvalue weighted by molar-refractivity contribution is 7.88. The van der Waals surface area contributed by atoms with Crippen LogP contribution in [0.5, 0.6) is 28.7 Å². The van der Waals surface area contributed by atoms with Gasteiger partial charge in [0.15, 0.2) is 23.0 Å². The Labute approximate surface area is 196 Å². The second-order valence-electron chi connectivity index (χ2n) is 7.77. The molecule has 188 valence electrons. The number of hydrogen-bond acceptors (Lipinski definition) is 10. The van der Waals surface area contributed by atoms with E-state index in [0.29, 0.717) is 35.8 Å². The topological polar surface area (TPSA) is 119 Å². The van der Waals surface area contributed by atoms with Gasteiger partial charge in [0.2, 0.25) is 12.5 Å². The molecule has 10 nitrogen and oxygen atoms in total. The van der Waals surface area contributed by atoms with Crippen LogP contribution in [-0.4, -0.2) is 47.5 Å². The van der Waals surface area contributed by atoms with E-state index >= 15 is 0 Å². The maximum Gasteiger partial charge on any atom is 0.534 e. The number of carbonyl (C=O) groups is 1. The molecule has 2 unspecified atom stereocenters. The van der Waals surface area contributed by atoms with Gasteiger partial charge in [-0.25, -0.2) is 4.79 Å². The Hall–Kier alpha value is -3.39. The summed E-state index contributed by atoms with van der Waals surface area (Å²) in [5.41, 5.74) is -4.62. The molecular formula is C21H18F3NO9S. The largest absolute Gasteiger partial charge is 0.534 e. The third kappa shape index (κ3) is 3.58. The van der Waals surface area contributed by atoms with E-state index in [9.17, 15) is 26.4 Å². The fourth-order valence-corrected chi connectivity index (χ4v) is 4.94. The van der Waals surface area contributed by atoms with E-state index in [-0.39, 0.29) is 18.1 Å². The minimum atomic E-state index is -6.09. The minimum absolute atomic E-state index is 0.00209. The molecule has 0 spiro atoms. The number of rotatable bonds is 5. The first kappa shape index (κ1) is 23.4. The lowest BCUT2D eigenvalue weighted by Gasteiger charge is -2.32. The second-order valence-corrected chi connectivity index (χ2v) is 9.31. The van der Waals surface area contributed by atoms with Crippen LogP contribution in [0.4, 0.5) is 13.2 Å². The van der Waals surface area contributed by atoms with Crippen LogP contribution in [0.25, 0.3) is 0 Å². The third-order valence-electron chi connectivity index (χ3n) is 5.91. The molecule has 2 atom stereocenters. The van der Waals surface area contributed by atoms with E-state index in [2.05, 4.69) is 9.50 Å². The van der Waals surface area contributed by atoms with Crippen LogP contribution < -0.4 is 28.4 Å². The summed E-state index contributed by atoms with van der Waals surface area (Å²) in [6.07, 6.45) is -0.458. The highest BCUT2D eigenvalue weighted by Gasteiger charge is 2.51. The van der Waals surface area contributed by atoms with Gasteiger partial charge in [0, 0.05) is 11.1 Å². The van der Waals surface area contributed by atoms with Crippen LogP contribution in [0, 0.1) is 0 Å². The smallest absolute Gasteiger partial charge is 0.493 e. The standard InChI is InChI=1S/C21H18F3NO9S/c1-29-11-4-3-10-14(17(11)34-35(27,28)21(22,23)24)20(26)33-16(10)15-13-9(5-6-25-15)7-12-18(19(13)30-2)32-8-31-12/h3-4,7,15-16,25H,5-6,8H2,1-2H3. The van der Waals surface area contributed by atoms with Crippen molar-refractivity contribution in [1.29, 1.82) is 0 Å². The van der Waals surface area contributed by atoms with E-state index < -0.39 is 45.1 Å². The first-order valence-electron chi connectivity index (χ1n) is 10.2. The maximum absolute atomic E-state index is 13.0. The van der Waals surface area contributed by atoms with E-state index in [0.717, 1.165) is 12.7 Å². The third-order valence-corrected chi connectivity index (χ3v) is 6.87. The molecule has 3 aliphatic rings. The molecule has 1 N–H and O–H groups in total. The number of halogens is 3. The molecule has 0 saturated carbocycles. The van der Waals surface area contributed by atoms with Crippen molar-refractivity contribution in [2.24, 2.45) is 0 Å². The Kier molecular flexibility index (Phi) is 5.40. The van der Waals surface area contributed by atoms with Crippen LogP contribution in [0.15, 0.2) is 18.2 Å². The second kappa shape index (κ2) is 8.09. The van der Waals surface area contributed by atoms with Gasteiger partial charge in [-0.2, -0.15) is 21.6 Å². The zero-order valence-electron chi connectivity index (χ0n) is 18.2. The maximum atomic E-state index is 13.0. The number of nitrogens with one attached hydrogen (secondary N) is 1. The Morgan fingerprint density at radius 1 is 1.11 bits per heavy atom. The number of esters is 1. The molecule has 3 heterocycles. The van der Waals surface area contributed by atoms with Crippen LogP contribution >= 0.6 is 0 Å². The molecule has 3 aliphatic heterocycles. The molecule has 0 aromatic heterocycles. The molecule has 0 aliphatic carbocycles. The lowest BCUT2D eigenvalue weighted by Crippen LogP contribution is -2.34. The number of alkyl halides is 3. The highest BCUT2D eigenvalue weighted by Crippen LogP contribution is 2.53. The SMILES string of the molecule is COc1ccc2c(c1OS(=O)(=O)C(F)(F)F)C(=O)OC2C1NCCc2cc3c(c(OC)c21)OCO3. The number of benzene rings is 2. The molecule has 0 bridgehead atoms. The molecule has 2 aromatic rings. The van der Waals surface area contributed by atoms with E-state index in [1.54, 1.807) is 6.07 Å².